The molecule has 5 nitrogen and oxygen atoms in total. The zero-order chi connectivity index (χ0) is 39.6. The first kappa shape index (κ1) is 34.2. The van der Waals surface area contributed by atoms with Crippen LogP contribution in [0.15, 0.2) is 200 Å². The minimum Gasteiger partial charge on any atom is -0.309 e. The van der Waals surface area contributed by atoms with Crippen molar-refractivity contribution in [2.75, 3.05) is 0 Å². The van der Waals surface area contributed by atoms with E-state index in [2.05, 4.69) is 209 Å². The van der Waals surface area contributed by atoms with Crippen molar-refractivity contribution >= 4 is 60.0 Å². The quantitative estimate of drug-likeness (QED) is 0.169. The summed E-state index contributed by atoms with van der Waals surface area (Å²) in [6, 6.07) is 65.1. The smallest absolute Gasteiger partial charge is 0.164 e. The summed E-state index contributed by atoms with van der Waals surface area (Å²) in [5.41, 5.74) is 12.2. The summed E-state index contributed by atoms with van der Waals surface area (Å²) in [6.07, 6.45) is 8.29. The molecule has 0 radical (unpaired) electrons. The lowest BCUT2D eigenvalue weighted by molar-refractivity contribution is 0.978. The number of benzene rings is 8. The van der Waals surface area contributed by atoms with E-state index in [1.54, 1.807) is 0 Å². The molecule has 0 saturated carbocycles. The molecule has 0 fully saturated rings. The molecule has 0 spiro atoms. The van der Waals surface area contributed by atoms with Crippen molar-refractivity contribution in [2.45, 2.75) is 12.8 Å². The highest BCUT2D eigenvalue weighted by Gasteiger charge is 2.21. The molecule has 5 heteroatoms. The number of fused-ring (bicyclic) bond motifs is 7. The molecule has 1 aliphatic rings. The van der Waals surface area contributed by atoms with Crippen molar-refractivity contribution < 1.29 is 0 Å². The average Bonchev–Trinajstić information content (AvgIpc) is 3.84. The molecule has 0 unspecified atom stereocenters. The summed E-state index contributed by atoms with van der Waals surface area (Å²) in [5.74, 6) is 2.05. The number of para-hydroxylation sites is 3. The number of nitrogens with zero attached hydrogens (tertiary/aromatic N) is 5. The summed E-state index contributed by atoms with van der Waals surface area (Å²) in [4.78, 5) is 15.6. The Labute approximate surface area is 346 Å². The fourth-order valence-electron chi connectivity index (χ4n) is 9.19. The predicted octanol–water partition coefficient (Wildman–Crippen LogP) is 14.0. The summed E-state index contributed by atoms with van der Waals surface area (Å²) in [7, 11) is 0. The van der Waals surface area contributed by atoms with Gasteiger partial charge in [-0.15, -0.1) is 0 Å². The molecule has 8 aromatic carbocycles. The lowest BCUT2D eigenvalue weighted by atomic mass is 10.0. The van der Waals surface area contributed by atoms with Gasteiger partial charge in [0, 0.05) is 44.0 Å². The molecule has 1 aliphatic carbocycles. The Hall–Kier alpha value is -7.89. The van der Waals surface area contributed by atoms with E-state index < -0.39 is 0 Å². The second-order valence-corrected chi connectivity index (χ2v) is 15.5. The number of allylic oxidation sites excluding steroid dienone is 4. The molecule has 12 rings (SSSR count). The van der Waals surface area contributed by atoms with Crippen LogP contribution < -0.4 is 0 Å². The zero-order valence-electron chi connectivity index (χ0n) is 32.7. The van der Waals surface area contributed by atoms with E-state index in [9.17, 15) is 0 Å². The van der Waals surface area contributed by atoms with E-state index in [1.165, 1.54) is 32.6 Å². The lowest BCUT2D eigenvalue weighted by Crippen LogP contribution is -2.04. The SMILES string of the molecule is C1=CCCC(c2nc(-c3ccc(-c4cccc(-n5c6ccccc6c6cc7ccccc7cc65)c4)cc3)nc(-c3cccc4c3c3ccccc3n4-c3ccccc3)n2)=C1. The predicted molar refractivity (Wildman–Crippen MR) is 249 cm³/mol. The van der Waals surface area contributed by atoms with Crippen LogP contribution in [0.5, 0.6) is 0 Å². The average molecular weight is 768 g/mol. The van der Waals surface area contributed by atoms with Crippen LogP contribution >= 0.6 is 0 Å². The minimum absolute atomic E-state index is 0.659. The van der Waals surface area contributed by atoms with E-state index in [0.29, 0.717) is 11.6 Å². The molecular weight excluding hydrogens is 731 g/mol. The van der Waals surface area contributed by atoms with Gasteiger partial charge in [0.15, 0.2) is 17.5 Å². The molecule has 0 atom stereocenters. The van der Waals surface area contributed by atoms with Crippen LogP contribution in [0, 0.1) is 0 Å². The first-order valence-corrected chi connectivity index (χ1v) is 20.6. The summed E-state index contributed by atoms with van der Waals surface area (Å²) >= 11 is 0. The number of aromatic nitrogens is 5. The lowest BCUT2D eigenvalue weighted by Gasteiger charge is -2.13. The summed E-state index contributed by atoms with van der Waals surface area (Å²) < 4.78 is 4.73. The van der Waals surface area contributed by atoms with Crippen molar-refractivity contribution in [3.8, 4) is 45.3 Å². The maximum absolute atomic E-state index is 5.26. The van der Waals surface area contributed by atoms with E-state index >= 15 is 0 Å². The highest BCUT2D eigenvalue weighted by atomic mass is 15.0. The van der Waals surface area contributed by atoms with E-state index in [4.69, 9.17) is 15.0 Å². The van der Waals surface area contributed by atoms with E-state index in [-0.39, 0.29) is 0 Å². The first-order valence-electron chi connectivity index (χ1n) is 20.6. The van der Waals surface area contributed by atoms with Gasteiger partial charge in [-0.25, -0.2) is 15.0 Å². The van der Waals surface area contributed by atoms with Gasteiger partial charge >= 0.3 is 0 Å². The van der Waals surface area contributed by atoms with Crippen LogP contribution in [0.25, 0.3) is 105 Å². The standard InChI is InChI=1S/C55H37N5/c1-3-15-37(16-4-1)53-56-54(58-55(57-53)46-25-14-28-50-52(46)45-24-10-12-27-49(45)59(50)42-20-5-2-6-21-42)38-31-29-36(30-32-38)39-19-13-22-43(33-39)60-48-26-11-9-23-44(48)47-34-40-17-7-8-18-41(40)35-51(47)60/h1-3,5-15,17-35H,4,16H2. The van der Waals surface area contributed by atoms with Crippen molar-refractivity contribution in [1.29, 1.82) is 0 Å². The molecular formula is C55H37N5. The maximum atomic E-state index is 5.26. The molecule has 0 aliphatic heterocycles. The molecule has 0 amide bonds. The van der Waals surface area contributed by atoms with E-state index in [0.717, 1.165) is 79.7 Å². The van der Waals surface area contributed by atoms with Crippen LogP contribution in [-0.2, 0) is 0 Å². The molecule has 60 heavy (non-hydrogen) atoms. The van der Waals surface area contributed by atoms with Gasteiger partial charge in [-0.05, 0) is 94.9 Å². The van der Waals surface area contributed by atoms with Crippen molar-refractivity contribution in [3.63, 3.8) is 0 Å². The maximum Gasteiger partial charge on any atom is 0.164 e. The Bertz CT molecular complexity index is 3530. The fraction of sp³-hybridized carbons (Fsp3) is 0.0364. The third kappa shape index (κ3) is 5.58. The second kappa shape index (κ2) is 13.9. The van der Waals surface area contributed by atoms with Crippen molar-refractivity contribution in [3.05, 3.63) is 206 Å². The molecule has 3 aromatic heterocycles. The molecule has 11 aromatic rings. The second-order valence-electron chi connectivity index (χ2n) is 15.5. The van der Waals surface area contributed by atoms with Gasteiger partial charge in [0.1, 0.15) is 0 Å². The van der Waals surface area contributed by atoms with Crippen molar-refractivity contribution in [2.24, 2.45) is 0 Å². The number of hydrogen-bond donors (Lipinski definition) is 0. The Morgan fingerprint density at radius 1 is 0.400 bits per heavy atom. The Morgan fingerprint density at radius 3 is 1.85 bits per heavy atom. The van der Waals surface area contributed by atoms with Gasteiger partial charge in [0.05, 0.1) is 22.1 Å². The minimum atomic E-state index is 0.659. The van der Waals surface area contributed by atoms with Crippen LogP contribution in [-0.4, -0.2) is 24.1 Å². The highest BCUT2D eigenvalue weighted by molar-refractivity contribution is 6.16. The molecule has 282 valence electrons. The van der Waals surface area contributed by atoms with Gasteiger partial charge < -0.3 is 9.13 Å². The van der Waals surface area contributed by atoms with Gasteiger partial charge in [0.2, 0.25) is 0 Å². The van der Waals surface area contributed by atoms with Gasteiger partial charge in [-0.1, -0.05) is 146 Å². The fourth-order valence-corrected chi connectivity index (χ4v) is 9.19. The number of rotatable bonds is 6. The monoisotopic (exact) mass is 767 g/mol. The van der Waals surface area contributed by atoms with Crippen LogP contribution in [0.2, 0.25) is 0 Å². The van der Waals surface area contributed by atoms with E-state index in [1.807, 2.05) is 0 Å². The van der Waals surface area contributed by atoms with Crippen LogP contribution in [0.1, 0.15) is 18.7 Å². The zero-order valence-corrected chi connectivity index (χ0v) is 32.7. The molecule has 0 bridgehead atoms. The normalized spacial score (nSPS) is 12.9. The van der Waals surface area contributed by atoms with Gasteiger partial charge in [-0.2, -0.15) is 0 Å². The molecule has 0 saturated heterocycles. The Balaban J connectivity index is 0.974. The highest BCUT2D eigenvalue weighted by Crippen LogP contribution is 2.39. The topological polar surface area (TPSA) is 48.5 Å². The van der Waals surface area contributed by atoms with Crippen LogP contribution in [0.4, 0.5) is 0 Å². The van der Waals surface area contributed by atoms with Gasteiger partial charge in [0.25, 0.3) is 0 Å². The van der Waals surface area contributed by atoms with Gasteiger partial charge in [-0.3, -0.25) is 0 Å². The summed E-state index contributed by atoms with van der Waals surface area (Å²) in [6.45, 7) is 0. The molecule has 3 heterocycles. The van der Waals surface area contributed by atoms with Crippen LogP contribution in [0.3, 0.4) is 0 Å². The Morgan fingerprint density at radius 2 is 1.03 bits per heavy atom. The first-order chi connectivity index (χ1) is 29.7. The van der Waals surface area contributed by atoms with Crippen molar-refractivity contribution in [1.82, 2.24) is 24.1 Å². The number of hydrogen-bond acceptors (Lipinski definition) is 3. The third-order valence-corrected chi connectivity index (χ3v) is 12.0. The molecule has 0 N–H and O–H groups in total. The Kier molecular flexibility index (Phi) is 7.91. The largest absolute Gasteiger partial charge is 0.309 e. The summed E-state index contributed by atoms with van der Waals surface area (Å²) in [5, 5.41) is 7.28. The third-order valence-electron chi connectivity index (χ3n) is 12.0.